The van der Waals surface area contributed by atoms with Crippen molar-refractivity contribution in [3.63, 3.8) is 0 Å². The maximum atomic E-state index is 14.3. The number of phenols is 1. The number of anilines is 1. The van der Waals surface area contributed by atoms with Gasteiger partial charge in [0, 0.05) is 50.0 Å². The fourth-order valence-electron chi connectivity index (χ4n) is 5.00. The van der Waals surface area contributed by atoms with Crippen LogP contribution in [0.4, 0.5) is 10.2 Å². The van der Waals surface area contributed by atoms with E-state index in [1.807, 2.05) is 7.05 Å². The van der Waals surface area contributed by atoms with Gasteiger partial charge in [-0.05, 0) is 43.4 Å². The van der Waals surface area contributed by atoms with Crippen LogP contribution in [0.3, 0.4) is 0 Å². The number of fused-ring (bicyclic) bond motifs is 2. The number of phenolic OH excluding ortho intramolecular Hbond substituents is 1. The van der Waals surface area contributed by atoms with E-state index in [1.165, 1.54) is 43.0 Å². The second-order valence-corrected chi connectivity index (χ2v) is 9.08. The molecule has 172 valence electrons. The molecule has 2 aromatic heterocycles. The molecule has 2 fully saturated rings. The molecule has 33 heavy (non-hydrogen) atoms. The van der Waals surface area contributed by atoms with E-state index in [-0.39, 0.29) is 22.7 Å². The summed E-state index contributed by atoms with van der Waals surface area (Å²) in [5, 5.41) is 22.9. The highest BCUT2D eigenvalue weighted by Crippen LogP contribution is 2.33. The van der Waals surface area contributed by atoms with E-state index in [0.717, 1.165) is 19.0 Å². The SMILES string of the molecule is CN(c1cnc(-c2ccc(-c3cc(=O)n(C)cc3F)cc2O)nn1)C1C[C@H]2CCC[C@H](C1)N2. The summed E-state index contributed by atoms with van der Waals surface area (Å²) in [5.74, 6) is 0.322. The average molecular weight is 451 g/mol. The maximum Gasteiger partial charge on any atom is 0.251 e. The number of pyridine rings is 1. The van der Waals surface area contributed by atoms with Crippen molar-refractivity contribution in [3.8, 4) is 28.3 Å². The van der Waals surface area contributed by atoms with Crippen molar-refractivity contribution in [3.05, 3.63) is 52.8 Å². The third-order valence-electron chi connectivity index (χ3n) is 6.88. The molecule has 2 atom stereocenters. The molecule has 0 radical (unpaired) electrons. The van der Waals surface area contributed by atoms with Crippen LogP contribution in [0.1, 0.15) is 32.1 Å². The third kappa shape index (κ3) is 4.20. The van der Waals surface area contributed by atoms with Crippen molar-refractivity contribution in [1.29, 1.82) is 0 Å². The van der Waals surface area contributed by atoms with Gasteiger partial charge in [0.1, 0.15) is 11.6 Å². The Kier molecular flexibility index (Phi) is 5.57. The second-order valence-electron chi connectivity index (χ2n) is 9.08. The molecule has 2 bridgehead atoms. The number of aryl methyl sites for hydroxylation is 1. The predicted octanol–water partition coefficient (Wildman–Crippen LogP) is 2.86. The number of hydrogen-bond donors (Lipinski definition) is 2. The summed E-state index contributed by atoms with van der Waals surface area (Å²) in [7, 11) is 3.51. The first kappa shape index (κ1) is 21.5. The van der Waals surface area contributed by atoms with Crippen LogP contribution in [0, 0.1) is 5.82 Å². The first-order valence-electron chi connectivity index (χ1n) is 11.3. The summed E-state index contributed by atoms with van der Waals surface area (Å²) in [6.45, 7) is 0. The van der Waals surface area contributed by atoms with E-state index < -0.39 is 5.82 Å². The number of nitrogens with one attached hydrogen (secondary N) is 1. The highest BCUT2D eigenvalue weighted by Gasteiger charge is 2.33. The van der Waals surface area contributed by atoms with Crippen molar-refractivity contribution in [1.82, 2.24) is 25.1 Å². The Morgan fingerprint density at radius 2 is 1.91 bits per heavy atom. The lowest BCUT2D eigenvalue weighted by molar-refractivity contribution is 0.219. The summed E-state index contributed by atoms with van der Waals surface area (Å²) < 4.78 is 15.5. The Morgan fingerprint density at radius 1 is 1.15 bits per heavy atom. The molecular weight excluding hydrogens is 423 g/mol. The summed E-state index contributed by atoms with van der Waals surface area (Å²) in [5.41, 5.74) is 0.579. The normalized spacial score (nSPS) is 22.2. The lowest BCUT2D eigenvalue weighted by atomic mass is 9.83. The number of benzene rings is 1. The van der Waals surface area contributed by atoms with E-state index in [9.17, 15) is 14.3 Å². The summed E-state index contributed by atoms with van der Waals surface area (Å²) >= 11 is 0. The Balaban J connectivity index is 1.36. The fraction of sp³-hybridized carbons (Fsp3) is 0.417. The van der Waals surface area contributed by atoms with Gasteiger partial charge < -0.3 is 19.9 Å². The van der Waals surface area contributed by atoms with E-state index in [2.05, 4.69) is 25.4 Å². The van der Waals surface area contributed by atoms with Crippen LogP contribution in [-0.2, 0) is 7.05 Å². The number of hydrogen-bond acceptors (Lipinski definition) is 7. The van der Waals surface area contributed by atoms with E-state index in [0.29, 0.717) is 35.1 Å². The van der Waals surface area contributed by atoms with Crippen LogP contribution in [-0.4, -0.2) is 50.0 Å². The number of halogens is 1. The van der Waals surface area contributed by atoms with E-state index in [1.54, 1.807) is 18.3 Å². The largest absolute Gasteiger partial charge is 0.507 e. The zero-order chi connectivity index (χ0) is 23.1. The number of aromatic hydroxyl groups is 1. The maximum absolute atomic E-state index is 14.3. The van der Waals surface area contributed by atoms with Gasteiger partial charge in [0.2, 0.25) is 0 Å². The highest BCUT2D eigenvalue weighted by molar-refractivity contribution is 5.73. The van der Waals surface area contributed by atoms with Crippen molar-refractivity contribution in [2.24, 2.45) is 7.05 Å². The zero-order valence-corrected chi connectivity index (χ0v) is 18.7. The van der Waals surface area contributed by atoms with Gasteiger partial charge in [0.25, 0.3) is 5.56 Å². The van der Waals surface area contributed by atoms with Gasteiger partial charge in [-0.3, -0.25) is 4.79 Å². The third-order valence-corrected chi connectivity index (χ3v) is 6.88. The predicted molar refractivity (Wildman–Crippen MR) is 124 cm³/mol. The minimum absolute atomic E-state index is 0.110. The molecule has 2 saturated heterocycles. The van der Waals surface area contributed by atoms with Crippen molar-refractivity contribution in [2.45, 2.75) is 50.2 Å². The first-order chi connectivity index (χ1) is 15.9. The van der Waals surface area contributed by atoms with Crippen LogP contribution in [0.5, 0.6) is 5.75 Å². The lowest BCUT2D eigenvalue weighted by Gasteiger charge is -2.43. The number of nitrogens with zero attached hydrogens (tertiary/aromatic N) is 5. The van der Waals surface area contributed by atoms with Gasteiger partial charge in [0.05, 0.1) is 11.8 Å². The summed E-state index contributed by atoms with van der Waals surface area (Å²) in [6, 6.07) is 7.38. The van der Waals surface area contributed by atoms with E-state index >= 15 is 0 Å². The van der Waals surface area contributed by atoms with Gasteiger partial charge in [-0.15, -0.1) is 10.2 Å². The van der Waals surface area contributed by atoms with Crippen LogP contribution >= 0.6 is 0 Å². The minimum atomic E-state index is -0.545. The molecule has 0 unspecified atom stereocenters. The molecular formula is C24H27FN6O2. The Bertz CT molecular complexity index is 1220. The molecule has 2 aliphatic rings. The van der Waals surface area contributed by atoms with Crippen molar-refractivity contribution < 1.29 is 9.50 Å². The van der Waals surface area contributed by atoms with Crippen LogP contribution in [0.2, 0.25) is 0 Å². The smallest absolute Gasteiger partial charge is 0.251 e. The molecule has 2 N–H and O–H groups in total. The number of aromatic nitrogens is 4. The second kappa shape index (κ2) is 8.55. The lowest BCUT2D eigenvalue weighted by Crippen LogP contribution is -2.54. The minimum Gasteiger partial charge on any atom is -0.507 e. The monoisotopic (exact) mass is 450 g/mol. The molecule has 4 heterocycles. The fourth-order valence-corrected chi connectivity index (χ4v) is 5.00. The molecule has 9 heteroatoms. The molecule has 0 spiro atoms. The van der Waals surface area contributed by atoms with E-state index in [4.69, 9.17) is 0 Å². The molecule has 1 aromatic carbocycles. The topological polar surface area (TPSA) is 96.2 Å². The number of rotatable bonds is 4. The van der Waals surface area contributed by atoms with Crippen molar-refractivity contribution in [2.75, 3.05) is 11.9 Å². The quantitative estimate of drug-likeness (QED) is 0.631. The molecule has 5 rings (SSSR count). The highest BCUT2D eigenvalue weighted by atomic mass is 19.1. The first-order valence-corrected chi connectivity index (χ1v) is 11.3. The van der Waals surface area contributed by atoms with Gasteiger partial charge in [-0.2, -0.15) is 0 Å². The van der Waals surface area contributed by atoms with Crippen LogP contribution in [0.15, 0.2) is 41.5 Å². The summed E-state index contributed by atoms with van der Waals surface area (Å²) in [4.78, 5) is 18.5. The van der Waals surface area contributed by atoms with Gasteiger partial charge in [0.15, 0.2) is 11.6 Å². The molecule has 0 aliphatic carbocycles. The van der Waals surface area contributed by atoms with Gasteiger partial charge >= 0.3 is 0 Å². The molecule has 3 aromatic rings. The van der Waals surface area contributed by atoms with Gasteiger partial charge in [-0.25, -0.2) is 9.37 Å². The molecule has 0 saturated carbocycles. The Hall–Kier alpha value is -3.33. The Labute approximate surface area is 191 Å². The standard InChI is InChI=1S/C24H27FN6O2/c1-30-13-20(25)19(11-23(30)33)14-6-7-18(21(32)8-14)24-26-12-22(28-29-24)31(2)17-9-15-4-3-5-16(10-17)27-15/h6-8,11-13,15-17,27,32H,3-5,9-10H2,1-2H3/t15-,16-/m1/s1. The van der Waals surface area contributed by atoms with Crippen LogP contribution < -0.4 is 15.8 Å². The average Bonchev–Trinajstić information content (AvgIpc) is 2.81. The van der Waals surface area contributed by atoms with Gasteiger partial charge in [-0.1, -0.05) is 12.5 Å². The molecule has 8 nitrogen and oxygen atoms in total. The Morgan fingerprint density at radius 3 is 2.58 bits per heavy atom. The molecule has 0 amide bonds. The summed E-state index contributed by atoms with van der Waals surface area (Å²) in [6.07, 6.45) is 8.70. The number of piperidine rings is 2. The zero-order valence-electron chi connectivity index (χ0n) is 18.7. The van der Waals surface area contributed by atoms with Crippen molar-refractivity contribution >= 4 is 5.82 Å². The molecule has 2 aliphatic heterocycles. The van der Waals surface area contributed by atoms with Crippen LogP contribution in [0.25, 0.3) is 22.5 Å².